The highest BCUT2D eigenvalue weighted by molar-refractivity contribution is 7.89. The molecule has 2 bridgehead atoms. The molecule has 4 rings (SSSR count). The first-order chi connectivity index (χ1) is 11.0. The van der Waals surface area contributed by atoms with Crippen LogP contribution < -0.4 is 10.6 Å². The van der Waals surface area contributed by atoms with Crippen LogP contribution in [0.1, 0.15) is 35.2 Å². The molecule has 2 saturated heterocycles. The normalized spacial score (nSPS) is 26.9. The predicted molar refractivity (Wildman–Crippen MR) is 93.0 cm³/mol. The van der Waals surface area contributed by atoms with Crippen LogP contribution in [0.4, 0.5) is 0 Å². The highest BCUT2D eigenvalue weighted by atomic mass is 35.5. The summed E-state index contributed by atoms with van der Waals surface area (Å²) < 4.78 is 27.5. The zero-order chi connectivity index (χ0) is 16.0. The molecule has 0 aromatic heterocycles. The molecule has 2 N–H and O–H groups in total. The van der Waals surface area contributed by atoms with Crippen molar-refractivity contribution in [1.82, 2.24) is 14.9 Å². The van der Waals surface area contributed by atoms with Gasteiger partial charge in [0.05, 0.1) is 4.90 Å². The van der Waals surface area contributed by atoms with E-state index in [0.29, 0.717) is 31.2 Å². The van der Waals surface area contributed by atoms with Gasteiger partial charge in [-0.1, -0.05) is 6.07 Å². The molecule has 2 fully saturated rings. The highest BCUT2D eigenvalue weighted by Crippen LogP contribution is 2.26. The van der Waals surface area contributed by atoms with Crippen LogP contribution in [-0.4, -0.2) is 50.3 Å². The van der Waals surface area contributed by atoms with Crippen LogP contribution in [0.5, 0.6) is 0 Å². The fraction of sp³-hybridized carbons (Fsp3) is 0.562. The molecule has 24 heavy (non-hydrogen) atoms. The summed E-state index contributed by atoms with van der Waals surface area (Å²) in [6, 6.07) is 5.65. The molecule has 0 saturated carbocycles. The molecule has 3 aliphatic rings. The van der Waals surface area contributed by atoms with Gasteiger partial charge in [-0.3, -0.25) is 4.79 Å². The molecular weight excluding hydrogens is 350 g/mol. The number of carbonyl (C=O) groups excluding carboxylic acids is 1. The lowest BCUT2D eigenvalue weighted by atomic mass is 10.0. The van der Waals surface area contributed by atoms with Gasteiger partial charge in [0.1, 0.15) is 0 Å². The van der Waals surface area contributed by atoms with Crippen LogP contribution in [0.3, 0.4) is 0 Å². The number of benzene rings is 1. The molecule has 3 aliphatic heterocycles. The topological polar surface area (TPSA) is 78.5 Å². The maximum Gasteiger partial charge on any atom is 0.251 e. The van der Waals surface area contributed by atoms with Gasteiger partial charge in [0.15, 0.2) is 0 Å². The summed E-state index contributed by atoms with van der Waals surface area (Å²) in [5, 5.41) is 6.26. The Balaban J connectivity index is 0.00000169. The lowest BCUT2D eigenvalue weighted by Crippen LogP contribution is -2.39. The second-order valence-electron chi connectivity index (χ2n) is 6.61. The van der Waals surface area contributed by atoms with Gasteiger partial charge in [0.25, 0.3) is 5.91 Å². The maximum absolute atomic E-state index is 13.0. The molecule has 2 atom stereocenters. The van der Waals surface area contributed by atoms with Gasteiger partial charge >= 0.3 is 0 Å². The van der Waals surface area contributed by atoms with Gasteiger partial charge in [0, 0.05) is 37.3 Å². The molecular formula is C16H22ClN3O3S. The first kappa shape index (κ1) is 17.7. The molecule has 2 unspecified atom stereocenters. The molecule has 1 aromatic rings. The van der Waals surface area contributed by atoms with Crippen molar-refractivity contribution in [3.63, 3.8) is 0 Å². The smallest absolute Gasteiger partial charge is 0.251 e. The van der Waals surface area contributed by atoms with E-state index < -0.39 is 10.0 Å². The number of hydrogen-bond acceptors (Lipinski definition) is 4. The van der Waals surface area contributed by atoms with Crippen molar-refractivity contribution in [1.29, 1.82) is 0 Å². The zero-order valence-electron chi connectivity index (χ0n) is 13.3. The molecule has 8 heteroatoms. The number of fused-ring (bicyclic) bond motifs is 3. The Bertz CT molecular complexity index is 753. The van der Waals surface area contributed by atoms with Crippen molar-refractivity contribution in [2.24, 2.45) is 0 Å². The van der Waals surface area contributed by atoms with E-state index in [4.69, 9.17) is 0 Å². The third-order valence-electron chi connectivity index (χ3n) is 5.13. The Morgan fingerprint density at radius 1 is 1.12 bits per heavy atom. The van der Waals surface area contributed by atoms with Crippen LogP contribution in [-0.2, 0) is 16.4 Å². The van der Waals surface area contributed by atoms with Crippen LogP contribution in [0, 0.1) is 0 Å². The minimum absolute atomic E-state index is 0. The van der Waals surface area contributed by atoms with Crippen LogP contribution in [0.25, 0.3) is 0 Å². The number of nitrogens with zero attached hydrogens (tertiary/aromatic N) is 1. The Hall–Kier alpha value is -1.15. The molecule has 0 aliphatic carbocycles. The lowest BCUT2D eigenvalue weighted by molar-refractivity contribution is 0.0945. The van der Waals surface area contributed by atoms with Gasteiger partial charge in [-0.25, -0.2) is 8.42 Å². The minimum Gasteiger partial charge on any atom is -0.352 e. The highest BCUT2D eigenvalue weighted by Gasteiger charge is 2.35. The van der Waals surface area contributed by atoms with E-state index in [9.17, 15) is 13.2 Å². The minimum atomic E-state index is -3.55. The lowest BCUT2D eigenvalue weighted by Gasteiger charge is -2.24. The van der Waals surface area contributed by atoms with Crippen molar-refractivity contribution < 1.29 is 13.2 Å². The maximum atomic E-state index is 13.0. The second-order valence-corrected chi connectivity index (χ2v) is 8.55. The number of sulfonamides is 1. The number of amides is 1. The van der Waals surface area contributed by atoms with Crippen LogP contribution in [0.2, 0.25) is 0 Å². The predicted octanol–water partition coefficient (Wildman–Crippen LogP) is 0.909. The average molecular weight is 372 g/mol. The van der Waals surface area contributed by atoms with Gasteiger partial charge < -0.3 is 10.6 Å². The van der Waals surface area contributed by atoms with Gasteiger partial charge in [-0.05, 0) is 43.4 Å². The third kappa shape index (κ3) is 3.06. The van der Waals surface area contributed by atoms with E-state index in [0.717, 1.165) is 31.2 Å². The Kier molecular flexibility index (Phi) is 4.88. The van der Waals surface area contributed by atoms with E-state index >= 15 is 0 Å². The summed E-state index contributed by atoms with van der Waals surface area (Å²) in [5.41, 5.74) is 1.41. The first-order valence-corrected chi connectivity index (χ1v) is 9.65. The number of carbonyl (C=O) groups is 1. The SMILES string of the molecule is Cl.O=C1NCCc2ccc(S(=O)(=O)N3CCC4CCC(C3)N4)cc21. The molecule has 1 aromatic carbocycles. The van der Waals surface area contributed by atoms with Crippen LogP contribution in [0.15, 0.2) is 23.1 Å². The number of halogens is 1. The summed E-state index contributed by atoms with van der Waals surface area (Å²) in [7, 11) is -3.55. The first-order valence-electron chi connectivity index (χ1n) is 8.21. The van der Waals surface area contributed by atoms with E-state index in [1.54, 1.807) is 16.4 Å². The fourth-order valence-corrected chi connectivity index (χ4v) is 5.36. The Morgan fingerprint density at radius 3 is 2.75 bits per heavy atom. The average Bonchev–Trinajstić information content (AvgIpc) is 2.86. The van der Waals surface area contributed by atoms with Crippen molar-refractivity contribution in [2.45, 2.75) is 42.7 Å². The van der Waals surface area contributed by atoms with E-state index in [2.05, 4.69) is 10.6 Å². The van der Waals surface area contributed by atoms with E-state index in [-0.39, 0.29) is 29.3 Å². The zero-order valence-corrected chi connectivity index (χ0v) is 15.0. The van der Waals surface area contributed by atoms with Gasteiger partial charge in [-0.15, -0.1) is 12.4 Å². The number of hydrogen-bond donors (Lipinski definition) is 2. The van der Waals surface area contributed by atoms with Crippen LogP contribution >= 0.6 is 12.4 Å². The molecule has 0 spiro atoms. The second kappa shape index (κ2) is 6.63. The molecule has 132 valence electrons. The molecule has 3 heterocycles. The number of nitrogens with one attached hydrogen (secondary N) is 2. The van der Waals surface area contributed by atoms with E-state index in [1.807, 2.05) is 0 Å². The quantitative estimate of drug-likeness (QED) is 0.810. The Labute approximate surface area is 148 Å². The summed E-state index contributed by atoms with van der Waals surface area (Å²) >= 11 is 0. The van der Waals surface area contributed by atoms with E-state index in [1.165, 1.54) is 6.07 Å². The van der Waals surface area contributed by atoms with Crippen molar-refractivity contribution in [3.05, 3.63) is 29.3 Å². The van der Waals surface area contributed by atoms with Gasteiger partial charge in [-0.2, -0.15) is 4.31 Å². The third-order valence-corrected chi connectivity index (χ3v) is 6.99. The number of rotatable bonds is 2. The summed E-state index contributed by atoms with van der Waals surface area (Å²) in [6.45, 7) is 1.67. The van der Waals surface area contributed by atoms with Gasteiger partial charge in [0.2, 0.25) is 10.0 Å². The standard InChI is InChI=1S/C16H21N3O3S.ClH/c20-16-15-9-14(4-1-11(15)5-7-17-16)23(21,22)19-8-6-12-2-3-13(10-19)18-12;/h1,4,9,12-13,18H,2-3,5-8,10H2,(H,17,20);1H. The molecule has 1 amide bonds. The summed E-state index contributed by atoms with van der Waals surface area (Å²) in [6.07, 6.45) is 3.76. The Morgan fingerprint density at radius 2 is 1.92 bits per heavy atom. The van der Waals surface area contributed by atoms with Crippen molar-refractivity contribution in [3.8, 4) is 0 Å². The molecule has 0 radical (unpaired) electrons. The van der Waals surface area contributed by atoms with Crippen molar-refractivity contribution in [2.75, 3.05) is 19.6 Å². The fourth-order valence-electron chi connectivity index (χ4n) is 3.83. The summed E-state index contributed by atoms with van der Waals surface area (Å²) in [4.78, 5) is 12.2. The largest absolute Gasteiger partial charge is 0.352 e. The molecule has 6 nitrogen and oxygen atoms in total. The monoisotopic (exact) mass is 371 g/mol. The summed E-state index contributed by atoms with van der Waals surface area (Å²) in [5.74, 6) is -0.181. The van der Waals surface area contributed by atoms with Crippen molar-refractivity contribution >= 4 is 28.3 Å².